The Kier molecular flexibility index (Phi) is 6.04. The highest BCUT2D eigenvalue weighted by Crippen LogP contribution is 2.36. The highest BCUT2D eigenvalue weighted by molar-refractivity contribution is 7.90. The molecule has 0 saturated carbocycles. The first-order valence-corrected chi connectivity index (χ1v) is 13.2. The van der Waals surface area contributed by atoms with Crippen molar-refractivity contribution in [2.45, 2.75) is 17.9 Å². The molecule has 1 fully saturated rings. The van der Waals surface area contributed by atoms with E-state index in [1.807, 2.05) is 0 Å². The molecule has 12 heteroatoms. The summed E-state index contributed by atoms with van der Waals surface area (Å²) in [5.41, 5.74) is 2.06. The van der Waals surface area contributed by atoms with Gasteiger partial charge in [-0.05, 0) is 30.3 Å². The Morgan fingerprint density at radius 2 is 1.89 bits per heavy atom. The number of aromatic nitrogens is 3. The van der Waals surface area contributed by atoms with Crippen molar-refractivity contribution in [3.05, 3.63) is 70.9 Å². The molecule has 0 bridgehead atoms. The van der Waals surface area contributed by atoms with Crippen LogP contribution in [0, 0.1) is 0 Å². The summed E-state index contributed by atoms with van der Waals surface area (Å²) in [6.07, 6.45) is 6.20. The quantitative estimate of drug-likeness (QED) is 0.396. The van der Waals surface area contributed by atoms with Crippen molar-refractivity contribution in [1.29, 1.82) is 0 Å². The van der Waals surface area contributed by atoms with E-state index in [-0.39, 0.29) is 35.9 Å². The molecule has 3 amide bonds. The predicted molar refractivity (Wildman–Crippen MR) is 136 cm³/mol. The number of carbonyl (C=O) groups is 2. The number of sulfone groups is 1. The van der Waals surface area contributed by atoms with Crippen LogP contribution in [0.1, 0.15) is 12.0 Å². The maximum atomic E-state index is 12.5. The van der Waals surface area contributed by atoms with E-state index in [2.05, 4.69) is 15.3 Å². The van der Waals surface area contributed by atoms with Crippen LogP contribution < -0.4 is 20.5 Å². The van der Waals surface area contributed by atoms with Gasteiger partial charge in [0.05, 0.1) is 4.90 Å². The summed E-state index contributed by atoms with van der Waals surface area (Å²) in [6.45, 7) is 0.363. The molecule has 37 heavy (non-hydrogen) atoms. The highest BCUT2D eigenvalue weighted by atomic mass is 32.2. The van der Waals surface area contributed by atoms with Crippen LogP contribution in [-0.4, -0.2) is 47.7 Å². The third-order valence-electron chi connectivity index (χ3n) is 6.10. The van der Waals surface area contributed by atoms with Crippen LogP contribution in [0.4, 0.5) is 10.6 Å². The number of hydrogen-bond acceptors (Lipinski definition) is 7. The first kappa shape index (κ1) is 24.3. The molecule has 0 radical (unpaired) electrons. The Morgan fingerprint density at radius 1 is 1.08 bits per heavy atom. The Balaban J connectivity index is 1.47. The van der Waals surface area contributed by atoms with Gasteiger partial charge in [0, 0.05) is 66.9 Å². The molecule has 5 rings (SSSR count). The summed E-state index contributed by atoms with van der Waals surface area (Å²) in [7, 11) is -1.88. The molecular weight excluding hydrogens is 498 g/mol. The third kappa shape index (κ3) is 4.70. The fourth-order valence-electron chi connectivity index (χ4n) is 4.17. The van der Waals surface area contributed by atoms with E-state index < -0.39 is 15.9 Å². The first-order valence-electron chi connectivity index (χ1n) is 11.3. The standard InChI is InChI=1S/C25H23N5O6S/c1-29-13-19(17-7-9-26-23(17)24(29)32)18-11-16(37(2,34)35)4-5-20(18)36-14-15-3-6-21(27-12-15)30-10-8-22(31)28-25(30)33/h3-7,9,11-13,26H,8,10,14H2,1-2H3,(H,28,31,33). The van der Waals surface area contributed by atoms with E-state index in [0.717, 1.165) is 6.26 Å². The minimum absolute atomic E-state index is 0.116. The van der Waals surface area contributed by atoms with Crippen LogP contribution in [0.5, 0.6) is 5.75 Å². The second-order valence-corrected chi connectivity index (χ2v) is 10.7. The Morgan fingerprint density at radius 3 is 2.59 bits per heavy atom. The lowest BCUT2D eigenvalue weighted by Gasteiger charge is -2.25. The molecule has 0 aliphatic carbocycles. The number of carbonyl (C=O) groups excluding carboxylic acids is 2. The number of rotatable bonds is 6. The molecule has 1 aliphatic rings. The van der Waals surface area contributed by atoms with E-state index >= 15 is 0 Å². The molecule has 1 saturated heterocycles. The zero-order valence-electron chi connectivity index (χ0n) is 20.0. The molecule has 2 N–H and O–H groups in total. The predicted octanol–water partition coefficient (Wildman–Crippen LogP) is 2.36. The van der Waals surface area contributed by atoms with Crippen molar-refractivity contribution in [1.82, 2.24) is 19.9 Å². The summed E-state index contributed by atoms with van der Waals surface area (Å²) in [5.74, 6) is 0.512. The van der Waals surface area contributed by atoms with Crippen molar-refractivity contribution < 1.29 is 22.7 Å². The maximum absolute atomic E-state index is 12.5. The molecule has 1 aliphatic heterocycles. The Bertz CT molecular complexity index is 1710. The van der Waals surface area contributed by atoms with Gasteiger partial charge in [-0.15, -0.1) is 0 Å². The summed E-state index contributed by atoms with van der Waals surface area (Å²) in [6, 6.07) is 9.26. The van der Waals surface area contributed by atoms with Gasteiger partial charge in [-0.1, -0.05) is 6.07 Å². The molecule has 11 nitrogen and oxygen atoms in total. The number of urea groups is 1. The van der Waals surface area contributed by atoms with E-state index in [9.17, 15) is 22.8 Å². The number of H-pyrrole nitrogens is 1. The molecule has 3 aromatic heterocycles. The number of nitrogens with zero attached hydrogens (tertiary/aromatic N) is 3. The maximum Gasteiger partial charge on any atom is 0.329 e. The fraction of sp³-hybridized carbons (Fsp3) is 0.200. The molecule has 0 spiro atoms. The number of aryl methyl sites for hydroxylation is 1. The number of hydrogen-bond donors (Lipinski definition) is 2. The van der Waals surface area contributed by atoms with Gasteiger partial charge in [0.1, 0.15) is 23.7 Å². The van der Waals surface area contributed by atoms with E-state index in [1.165, 1.54) is 21.6 Å². The van der Waals surface area contributed by atoms with Gasteiger partial charge in [-0.2, -0.15) is 0 Å². The number of fused-ring (bicyclic) bond motifs is 1. The van der Waals surface area contributed by atoms with Crippen LogP contribution in [0.25, 0.3) is 22.0 Å². The average molecular weight is 522 g/mol. The first-order chi connectivity index (χ1) is 17.6. The summed E-state index contributed by atoms with van der Waals surface area (Å²) in [4.78, 5) is 44.7. The second-order valence-electron chi connectivity index (χ2n) is 8.72. The Hall–Kier alpha value is -4.45. The van der Waals surface area contributed by atoms with Crippen LogP contribution in [0.15, 0.2) is 64.7 Å². The minimum atomic E-state index is -3.50. The number of pyridine rings is 2. The topological polar surface area (TPSA) is 143 Å². The number of imide groups is 1. The molecule has 4 heterocycles. The van der Waals surface area contributed by atoms with Gasteiger partial charge in [-0.25, -0.2) is 18.2 Å². The van der Waals surface area contributed by atoms with Crippen molar-refractivity contribution in [3.63, 3.8) is 0 Å². The molecule has 0 atom stereocenters. The summed E-state index contributed by atoms with van der Waals surface area (Å²) in [5, 5.41) is 2.90. The minimum Gasteiger partial charge on any atom is -0.488 e. The van der Waals surface area contributed by atoms with Gasteiger partial charge in [0.25, 0.3) is 5.56 Å². The molecule has 1 aromatic carbocycles. The summed E-state index contributed by atoms with van der Waals surface area (Å²) >= 11 is 0. The number of aromatic amines is 1. The number of amides is 3. The lowest BCUT2D eigenvalue weighted by atomic mass is 10.0. The largest absolute Gasteiger partial charge is 0.488 e. The van der Waals surface area contributed by atoms with Crippen LogP contribution in [0.3, 0.4) is 0 Å². The van der Waals surface area contributed by atoms with Crippen LogP contribution >= 0.6 is 0 Å². The second kappa shape index (κ2) is 9.21. The SMILES string of the molecule is Cn1cc(-c2cc(S(C)(=O)=O)ccc2OCc2ccc(N3CCC(=O)NC3=O)nc2)c2cc[nH]c2c1=O. The zero-order chi connectivity index (χ0) is 26.3. The molecule has 190 valence electrons. The number of ether oxygens (including phenoxy) is 1. The summed E-state index contributed by atoms with van der Waals surface area (Å²) < 4.78 is 32.1. The number of benzene rings is 1. The number of anilines is 1. The van der Waals surface area contributed by atoms with Crippen LogP contribution in [0.2, 0.25) is 0 Å². The van der Waals surface area contributed by atoms with Gasteiger partial charge in [-0.3, -0.25) is 19.8 Å². The van der Waals surface area contributed by atoms with Gasteiger partial charge >= 0.3 is 6.03 Å². The monoisotopic (exact) mass is 521 g/mol. The van der Waals surface area contributed by atoms with Crippen molar-refractivity contribution in [2.75, 3.05) is 17.7 Å². The van der Waals surface area contributed by atoms with Crippen molar-refractivity contribution in [2.24, 2.45) is 7.05 Å². The van der Waals surface area contributed by atoms with Crippen LogP contribution in [-0.2, 0) is 28.3 Å². The van der Waals surface area contributed by atoms with Crippen molar-refractivity contribution in [3.8, 4) is 16.9 Å². The lowest BCUT2D eigenvalue weighted by Crippen LogP contribution is -2.49. The van der Waals surface area contributed by atoms with Gasteiger partial charge < -0.3 is 14.3 Å². The Labute approximate surface area is 211 Å². The normalized spacial score (nSPS) is 14.2. The third-order valence-corrected chi connectivity index (χ3v) is 7.21. The smallest absolute Gasteiger partial charge is 0.329 e. The van der Waals surface area contributed by atoms with Crippen molar-refractivity contribution >= 4 is 38.5 Å². The number of nitrogens with one attached hydrogen (secondary N) is 2. The van der Waals surface area contributed by atoms with E-state index in [0.29, 0.717) is 39.2 Å². The molecule has 4 aromatic rings. The average Bonchev–Trinajstić information content (AvgIpc) is 3.35. The van der Waals surface area contributed by atoms with Gasteiger partial charge in [0.2, 0.25) is 5.91 Å². The molecular formula is C25H23N5O6S. The van der Waals surface area contributed by atoms with E-state index in [4.69, 9.17) is 4.74 Å². The zero-order valence-corrected chi connectivity index (χ0v) is 20.8. The van der Waals surface area contributed by atoms with E-state index in [1.54, 1.807) is 49.9 Å². The molecule has 0 unspecified atom stereocenters. The fourth-order valence-corrected chi connectivity index (χ4v) is 4.81. The van der Waals surface area contributed by atoms with Gasteiger partial charge in [0.15, 0.2) is 9.84 Å². The lowest BCUT2D eigenvalue weighted by molar-refractivity contribution is -0.120. The highest BCUT2D eigenvalue weighted by Gasteiger charge is 2.25.